The number of alkyl halides is 3. The van der Waals surface area contributed by atoms with E-state index in [0.717, 1.165) is 0 Å². The lowest BCUT2D eigenvalue weighted by Gasteiger charge is -2.15. The van der Waals surface area contributed by atoms with Crippen molar-refractivity contribution in [1.29, 1.82) is 0 Å². The van der Waals surface area contributed by atoms with Gasteiger partial charge >= 0.3 is 12.1 Å². The first-order chi connectivity index (χ1) is 12.1. The van der Waals surface area contributed by atoms with Crippen molar-refractivity contribution in [2.75, 3.05) is 0 Å². The van der Waals surface area contributed by atoms with Crippen molar-refractivity contribution >= 4 is 11.9 Å². The van der Waals surface area contributed by atoms with E-state index in [0.29, 0.717) is 5.75 Å². The lowest BCUT2D eigenvalue weighted by atomic mass is 10.2. The van der Waals surface area contributed by atoms with Gasteiger partial charge < -0.3 is 19.6 Å². The first kappa shape index (κ1) is 19.3. The highest BCUT2D eigenvalue weighted by Gasteiger charge is 2.36. The summed E-state index contributed by atoms with van der Waals surface area (Å²) in [4.78, 5) is 22.7. The topological polar surface area (TPSA) is 88.8 Å². The van der Waals surface area contributed by atoms with Crippen LogP contribution in [-0.2, 0) is 11.4 Å². The third-order valence-corrected chi connectivity index (χ3v) is 3.12. The summed E-state index contributed by atoms with van der Waals surface area (Å²) in [5.74, 6) is -3.22. The van der Waals surface area contributed by atoms with Gasteiger partial charge in [-0.05, 0) is 36.4 Å². The second-order valence-corrected chi connectivity index (χ2v) is 5.19. The summed E-state index contributed by atoms with van der Waals surface area (Å²) in [6.45, 7) is -0.121. The third kappa shape index (κ3) is 5.80. The average molecular weight is 375 g/mol. The molecular formula is C16H13F4NO5. The van der Waals surface area contributed by atoms with Crippen molar-refractivity contribution < 1.29 is 41.4 Å². The van der Waals surface area contributed by atoms with Gasteiger partial charge in [-0.2, -0.15) is 13.2 Å². The number of nitrogens with one attached hydrogen (secondary N) is 1. The molecule has 1 aromatic heterocycles. The molecule has 140 valence electrons. The fourth-order valence-electron chi connectivity index (χ4n) is 1.92. The van der Waals surface area contributed by atoms with E-state index in [4.69, 9.17) is 14.3 Å². The number of amides is 1. The van der Waals surface area contributed by atoms with Gasteiger partial charge in [-0.15, -0.1) is 0 Å². The van der Waals surface area contributed by atoms with E-state index in [1.807, 2.05) is 0 Å². The molecule has 0 bridgehead atoms. The maximum atomic E-state index is 12.8. The Kier molecular flexibility index (Phi) is 5.86. The highest BCUT2D eigenvalue weighted by atomic mass is 19.4. The monoisotopic (exact) mass is 375 g/mol. The quantitative estimate of drug-likeness (QED) is 0.726. The molecule has 2 aromatic rings. The number of aliphatic carboxylic acids is 1. The largest absolute Gasteiger partial charge is 0.486 e. The standard InChI is InChI=1S/C16H13F4NO5/c17-9-1-3-10(4-2-9)25-8-11-5-6-13(26-11)14(22)21-12(15(23)24)7-16(18,19)20/h1-6,12H,7-8H2,(H,21,22)(H,23,24). The molecule has 0 radical (unpaired) electrons. The van der Waals surface area contributed by atoms with Crippen LogP contribution in [0.15, 0.2) is 40.8 Å². The van der Waals surface area contributed by atoms with E-state index in [9.17, 15) is 27.2 Å². The summed E-state index contributed by atoms with van der Waals surface area (Å²) in [7, 11) is 0. The molecule has 1 unspecified atom stereocenters. The van der Waals surface area contributed by atoms with Gasteiger partial charge in [0.25, 0.3) is 5.91 Å². The van der Waals surface area contributed by atoms with Crippen LogP contribution in [0.3, 0.4) is 0 Å². The second-order valence-electron chi connectivity index (χ2n) is 5.19. The number of furan rings is 1. The van der Waals surface area contributed by atoms with E-state index in [1.165, 1.54) is 36.4 Å². The van der Waals surface area contributed by atoms with Crippen LogP contribution in [0.5, 0.6) is 5.75 Å². The number of carboxylic acids is 1. The molecule has 26 heavy (non-hydrogen) atoms. The highest BCUT2D eigenvalue weighted by molar-refractivity contribution is 5.94. The molecule has 0 aliphatic heterocycles. The molecule has 1 aromatic carbocycles. The Morgan fingerprint density at radius 2 is 1.81 bits per heavy atom. The number of carbonyl (C=O) groups excluding carboxylic acids is 1. The van der Waals surface area contributed by atoms with Crippen molar-refractivity contribution in [3.63, 3.8) is 0 Å². The molecule has 0 fully saturated rings. The van der Waals surface area contributed by atoms with Crippen molar-refractivity contribution in [1.82, 2.24) is 5.32 Å². The lowest BCUT2D eigenvalue weighted by Crippen LogP contribution is -2.43. The van der Waals surface area contributed by atoms with Gasteiger partial charge in [0.2, 0.25) is 0 Å². The van der Waals surface area contributed by atoms with Crippen molar-refractivity contribution in [2.45, 2.75) is 25.2 Å². The molecule has 0 aliphatic rings. The number of hydrogen-bond donors (Lipinski definition) is 2. The van der Waals surface area contributed by atoms with Gasteiger partial charge in [0.15, 0.2) is 5.76 Å². The van der Waals surface area contributed by atoms with E-state index in [-0.39, 0.29) is 18.1 Å². The summed E-state index contributed by atoms with van der Waals surface area (Å²) in [6, 6.07) is 5.50. The first-order valence-electron chi connectivity index (χ1n) is 7.21. The maximum absolute atomic E-state index is 12.8. The van der Waals surface area contributed by atoms with E-state index < -0.39 is 36.3 Å². The summed E-state index contributed by atoms with van der Waals surface area (Å²) in [5.41, 5.74) is 0. The Bertz CT molecular complexity index is 770. The predicted octanol–water partition coefficient (Wildman–Crippen LogP) is 3.13. The van der Waals surface area contributed by atoms with E-state index in [2.05, 4.69) is 0 Å². The fraction of sp³-hybridized carbons (Fsp3) is 0.250. The number of carbonyl (C=O) groups is 2. The molecule has 10 heteroatoms. The molecule has 2 N–H and O–H groups in total. The molecule has 2 rings (SSSR count). The van der Waals surface area contributed by atoms with Gasteiger partial charge in [0.05, 0.1) is 6.42 Å². The van der Waals surface area contributed by atoms with Gasteiger partial charge in [0, 0.05) is 0 Å². The fourth-order valence-corrected chi connectivity index (χ4v) is 1.92. The zero-order valence-electron chi connectivity index (χ0n) is 13.0. The Labute approximate surface area is 144 Å². The summed E-state index contributed by atoms with van der Waals surface area (Å²) in [6.07, 6.45) is -6.47. The van der Waals surface area contributed by atoms with Crippen LogP contribution in [0.2, 0.25) is 0 Å². The molecule has 0 saturated heterocycles. The van der Waals surface area contributed by atoms with E-state index >= 15 is 0 Å². The van der Waals surface area contributed by atoms with Gasteiger partial charge in [-0.25, -0.2) is 9.18 Å². The normalized spacial score (nSPS) is 12.5. The Hall–Kier alpha value is -3.04. The van der Waals surface area contributed by atoms with Crippen LogP contribution in [0.1, 0.15) is 22.7 Å². The Balaban J connectivity index is 1.95. The summed E-state index contributed by atoms with van der Waals surface area (Å²) >= 11 is 0. The van der Waals surface area contributed by atoms with Crippen LogP contribution < -0.4 is 10.1 Å². The molecule has 6 nitrogen and oxygen atoms in total. The molecule has 1 atom stereocenters. The van der Waals surface area contributed by atoms with Crippen LogP contribution in [0, 0.1) is 5.82 Å². The zero-order chi connectivity index (χ0) is 19.3. The van der Waals surface area contributed by atoms with Gasteiger partial charge in [-0.3, -0.25) is 4.79 Å². The van der Waals surface area contributed by atoms with Crippen molar-refractivity contribution in [3.05, 3.63) is 53.7 Å². The minimum atomic E-state index is -4.76. The van der Waals surface area contributed by atoms with E-state index in [1.54, 1.807) is 5.32 Å². The average Bonchev–Trinajstić information content (AvgIpc) is 3.01. The third-order valence-electron chi connectivity index (χ3n) is 3.12. The minimum absolute atomic E-state index is 0.121. The number of rotatable bonds is 7. The number of ether oxygens (including phenoxy) is 1. The number of hydrogen-bond acceptors (Lipinski definition) is 4. The zero-order valence-corrected chi connectivity index (χ0v) is 13.0. The molecule has 1 amide bonds. The minimum Gasteiger partial charge on any atom is -0.486 e. The van der Waals surface area contributed by atoms with Crippen LogP contribution in [0.25, 0.3) is 0 Å². The Morgan fingerprint density at radius 3 is 2.38 bits per heavy atom. The molecular weight excluding hydrogens is 362 g/mol. The summed E-state index contributed by atoms with van der Waals surface area (Å²) in [5, 5.41) is 10.5. The lowest BCUT2D eigenvalue weighted by molar-refractivity contribution is -0.157. The van der Waals surface area contributed by atoms with Gasteiger partial charge in [0.1, 0.15) is 30.0 Å². The molecule has 0 saturated carbocycles. The number of halogens is 4. The van der Waals surface area contributed by atoms with Crippen LogP contribution in [-0.4, -0.2) is 29.2 Å². The summed E-state index contributed by atoms with van der Waals surface area (Å²) < 4.78 is 60.2. The second kappa shape index (κ2) is 7.89. The number of carboxylic acid groups (broad SMARTS) is 1. The van der Waals surface area contributed by atoms with Crippen LogP contribution >= 0.6 is 0 Å². The van der Waals surface area contributed by atoms with Gasteiger partial charge in [-0.1, -0.05) is 0 Å². The van der Waals surface area contributed by atoms with Crippen LogP contribution in [0.4, 0.5) is 17.6 Å². The molecule has 0 aliphatic carbocycles. The highest BCUT2D eigenvalue weighted by Crippen LogP contribution is 2.22. The predicted molar refractivity (Wildman–Crippen MR) is 79.0 cm³/mol. The molecule has 1 heterocycles. The maximum Gasteiger partial charge on any atom is 0.391 e. The first-order valence-corrected chi connectivity index (χ1v) is 7.21. The smallest absolute Gasteiger partial charge is 0.391 e. The SMILES string of the molecule is O=C(NC(CC(F)(F)F)C(=O)O)c1ccc(COc2ccc(F)cc2)o1. The van der Waals surface area contributed by atoms with Crippen molar-refractivity contribution in [3.8, 4) is 5.75 Å². The molecule has 0 spiro atoms. The number of benzene rings is 1. The van der Waals surface area contributed by atoms with Crippen molar-refractivity contribution in [2.24, 2.45) is 0 Å². The Morgan fingerprint density at radius 1 is 1.15 bits per heavy atom.